The lowest BCUT2D eigenvalue weighted by Crippen LogP contribution is -2.19. The van der Waals surface area contributed by atoms with Gasteiger partial charge in [-0.3, -0.25) is 0 Å². The maximum Gasteiger partial charge on any atom is 0.248 e. The number of rotatable bonds is 5. The Balaban J connectivity index is 1.94. The van der Waals surface area contributed by atoms with Gasteiger partial charge in [0.25, 0.3) is 0 Å². The first kappa shape index (κ1) is 16.3. The van der Waals surface area contributed by atoms with Crippen molar-refractivity contribution in [2.24, 2.45) is 0 Å². The molecule has 0 radical (unpaired) electrons. The van der Waals surface area contributed by atoms with E-state index >= 15 is 0 Å². The van der Waals surface area contributed by atoms with E-state index in [0.717, 1.165) is 16.7 Å². The second-order valence-corrected chi connectivity index (χ2v) is 5.97. The monoisotopic (exact) mass is 384 g/mol. The minimum absolute atomic E-state index is 0.344. The molecule has 0 saturated carbocycles. The van der Waals surface area contributed by atoms with Crippen molar-refractivity contribution in [1.29, 1.82) is 0 Å². The van der Waals surface area contributed by atoms with Gasteiger partial charge in [0.05, 0.1) is 0 Å². The van der Waals surface area contributed by atoms with E-state index in [9.17, 15) is 0 Å². The van der Waals surface area contributed by atoms with Gasteiger partial charge in [0.1, 0.15) is 17.8 Å². The fourth-order valence-corrected chi connectivity index (χ4v) is 2.61. The van der Waals surface area contributed by atoms with Gasteiger partial charge in [-0.15, -0.1) is 0 Å². The van der Waals surface area contributed by atoms with Gasteiger partial charge in [-0.2, -0.15) is 4.98 Å². The SMILES string of the molecule is CCN(c1ccccc1)c1ncnc(Oc2ccc(Br)cc2)c1N. The number of nitrogens with zero attached hydrogens (tertiary/aromatic N) is 3. The van der Waals surface area contributed by atoms with E-state index in [2.05, 4.69) is 25.9 Å². The Bertz CT molecular complexity index is 809. The Morgan fingerprint density at radius 2 is 1.75 bits per heavy atom. The third kappa shape index (κ3) is 3.49. The molecule has 0 amide bonds. The zero-order valence-corrected chi connectivity index (χ0v) is 14.8. The Hall–Kier alpha value is -2.60. The van der Waals surface area contributed by atoms with Crippen molar-refractivity contribution in [3.63, 3.8) is 0 Å². The van der Waals surface area contributed by atoms with Crippen LogP contribution < -0.4 is 15.4 Å². The van der Waals surface area contributed by atoms with E-state index in [-0.39, 0.29) is 0 Å². The number of hydrogen-bond donors (Lipinski definition) is 1. The summed E-state index contributed by atoms with van der Waals surface area (Å²) in [7, 11) is 0. The summed E-state index contributed by atoms with van der Waals surface area (Å²) in [5.74, 6) is 1.64. The summed E-state index contributed by atoms with van der Waals surface area (Å²) in [6, 6.07) is 17.5. The van der Waals surface area contributed by atoms with E-state index in [1.54, 1.807) is 0 Å². The Labute approximate surface area is 149 Å². The summed E-state index contributed by atoms with van der Waals surface area (Å²) < 4.78 is 6.79. The summed E-state index contributed by atoms with van der Waals surface area (Å²) in [5.41, 5.74) is 7.70. The van der Waals surface area contributed by atoms with E-state index in [1.165, 1.54) is 6.33 Å². The lowest BCUT2D eigenvalue weighted by atomic mass is 10.2. The topological polar surface area (TPSA) is 64.3 Å². The van der Waals surface area contributed by atoms with Gasteiger partial charge < -0.3 is 15.4 Å². The molecule has 0 unspecified atom stereocenters. The van der Waals surface area contributed by atoms with Gasteiger partial charge in [-0.1, -0.05) is 34.1 Å². The highest BCUT2D eigenvalue weighted by Gasteiger charge is 2.16. The quantitative estimate of drug-likeness (QED) is 0.685. The maximum absolute atomic E-state index is 6.27. The number of anilines is 3. The van der Waals surface area contributed by atoms with Crippen LogP contribution in [0.15, 0.2) is 65.4 Å². The van der Waals surface area contributed by atoms with Crippen LogP contribution in [0.3, 0.4) is 0 Å². The number of ether oxygens (including phenoxy) is 1. The van der Waals surface area contributed by atoms with Gasteiger partial charge in [-0.25, -0.2) is 4.98 Å². The summed E-state index contributed by atoms with van der Waals surface area (Å²) >= 11 is 3.40. The number of halogens is 1. The molecule has 0 fully saturated rings. The summed E-state index contributed by atoms with van der Waals surface area (Å²) in [5, 5.41) is 0. The first-order valence-corrected chi connectivity index (χ1v) is 8.35. The first-order valence-electron chi connectivity index (χ1n) is 7.55. The highest BCUT2D eigenvalue weighted by molar-refractivity contribution is 9.10. The van der Waals surface area contributed by atoms with Crippen LogP contribution in [0.1, 0.15) is 6.92 Å². The van der Waals surface area contributed by atoms with Crippen LogP contribution in [-0.2, 0) is 0 Å². The molecule has 1 aromatic heterocycles. The van der Waals surface area contributed by atoms with Crippen molar-refractivity contribution in [2.75, 3.05) is 17.2 Å². The van der Waals surface area contributed by atoms with Gasteiger partial charge >= 0.3 is 0 Å². The van der Waals surface area contributed by atoms with Gasteiger partial charge in [-0.05, 0) is 43.3 Å². The van der Waals surface area contributed by atoms with Crippen LogP contribution in [0.2, 0.25) is 0 Å². The van der Waals surface area contributed by atoms with Crippen LogP contribution in [-0.4, -0.2) is 16.5 Å². The molecule has 0 aliphatic heterocycles. The highest BCUT2D eigenvalue weighted by Crippen LogP contribution is 2.34. The van der Waals surface area contributed by atoms with Crippen LogP contribution in [0.5, 0.6) is 11.6 Å². The fourth-order valence-electron chi connectivity index (χ4n) is 2.34. The highest BCUT2D eigenvalue weighted by atomic mass is 79.9. The molecule has 2 aromatic carbocycles. The zero-order valence-electron chi connectivity index (χ0n) is 13.2. The van der Waals surface area contributed by atoms with Gasteiger partial charge in [0, 0.05) is 16.7 Å². The molecule has 0 atom stereocenters. The van der Waals surface area contributed by atoms with Gasteiger partial charge in [0.2, 0.25) is 5.88 Å². The molecule has 122 valence electrons. The number of para-hydroxylation sites is 1. The molecule has 3 rings (SSSR count). The molecule has 0 bridgehead atoms. The fraction of sp³-hybridized carbons (Fsp3) is 0.111. The van der Waals surface area contributed by atoms with E-state index in [1.807, 2.05) is 66.4 Å². The molecule has 0 aliphatic carbocycles. The van der Waals surface area contributed by atoms with Crippen molar-refractivity contribution in [1.82, 2.24) is 9.97 Å². The van der Waals surface area contributed by atoms with Crippen molar-refractivity contribution >= 4 is 33.1 Å². The normalized spacial score (nSPS) is 10.4. The molecule has 6 heteroatoms. The van der Waals surface area contributed by atoms with E-state index in [0.29, 0.717) is 23.1 Å². The molecule has 3 aromatic rings. The molecule has 2 N–H and O–H groups in total. The van der Waals surface area contributed by atoms with Crippen molar-refractivity contribution in [3.05, 3.63) is 65.4 Å². The first-order chi connectivity index (χ1) is 11.7. The number of benzene rings is 2. The Kier molecular flexibility index (Phi) is 4.96. The number of nitrogens with two attached hydrogens (primary N) is 1. The average molecular weight is 385 g/mol. The Morgan fingerprint density at radius 1 is 1.04 bits per heavy atom. The third-order valence-corrected chi connectivity index (χ3v) is 4.02. The number of aromatic nitrogens is 2. The second kappa shape index (κ2) is 7.31. The molecule has 0 aliphatic rings. The maximum atomic E-state index is 6.27. The minimum atomic E-state index is 0.344. The molecular formula is C18H17BrN4O. The number of hydrogen-bond acceptors (Lipinski definition) is 5. The van der Waals surface area contributed by atoms with Crippen LogP contribution in [0.25, 0.3) is 0 Å². The molecule has 0 spiro atoms. The van der Waals surface area contributed by atoms with Gasteiger partial charge in [0.15, 0.2) is 5.82 Å². The third-order valence-electron chi connectivity index (χ3n) is 3.49. The van der Waals surface area contributed by atoms with Crippen LogP contribution >= 0.6 is 15.9 Å². The molecule has 0 saturated heterocycles. The smallest absolute Gasteiger partial charge is 0.248 e. The predicted octanol–water partition coefficient (Wildman–Crippen LogP) is 4.77. The molecular weight excluding hydrogens is 368 g/mol. The van der Waals surface area contributed by atoms with E-state index in [4.69, 9.17) is 10.5 Å². The standard InChI is InChI=1S/C18H17BrN4O/c1-2-23(14-6-4-3-5-7-14)17-16(20)18(22-12-21-17)24-15-10-8-13(19)9-11-15/h3-12H,2,20H2,1H3. The summed E-state index contributed by atoms with van der Waals surface area (Å²) in [6.45, 7) is 2.77. The largest absolute Gasteiger partial charge is 0.437 e. The lowest BCUT2D eigenvalue weighted by Gasteiger charge is -2.23. The average Bonchev–Trinajstić information content (AvgIpc) is 2.61. The van der Waals surface area contributed by atoms with Crippen molar-refractivity contribution in [3.8, 4) is 11.6 Å². The molecule has 1 heterocycles. The molecule has 5 nitrogen and oxygen atoms in total. The van der Waals surface area contributed by atoms with Crippen LogP contribution in [0, 0.1) is 0 Å². The zero-order chi connectivity index (χ0) is 16.9. The lowest BCUT2D eigenvalue weighted by molar-refractivity contribution is 0.464. The Morgan fingerprint density at radius 3 is 2.42 bits per heavy atom. The summed E-state index contributed by atoms with van der Waals surface area (Å²) in [4.78, 5) is 10.5. The van der Waals surface area contributed by atoms with Crippen molar-refractivity contribution < 1.29 is 4.74 Å². The van der Waals surface area contributed by atoms with Crippen molar-refractivity contribution in [2.45, 2.75) is 6.92 Å². The summed E-state index contributed by atoms with van der Waals surface area (Å²) in [6.07, 6.45) is 1.46. The number of nitrogen functional groups attached to an aromatic ring is 1. The second-order valence-electron chi connectivity index (χ2n) is 5.05. The predicted molar refractivity (Wildman–Crippen MR) is 99.8 cm³/mol. The van der Waals surface area contributed by atoms with E-state index < -0.39 is 0 Å². The molecule has 24 heavy (non-hydrogen) atoms. The minimum Gasteiger partial charge on any atom is -0.437 e. The van der Waals surface area contributed by atoms with Crippen LogP contribution in [0.4, 0.5) is 17.2 Å².